The van der Waals surface area contributed by atoms with Crippen LogP contribution in [0.25, 0.3) is 0 Å². The van der Waals surface area contributed by atoms with Gasteiger partial charge in [-0.05, 0) is 25.8 Å². The summed E-state index contributed by atoms with van der Waals surface area (Å²) in [5.74, 6) is 0.0408. The molecule has 0 aromatic heterocycles. The average Bonchev–Trinajstić information content (AvgIpc) is 1.87. The summed E-state index contributed by atoms with van der Waals surface area (Å²) in [7, 11) is 0. The van der Waals surface area contributed by atoms with Crippen molar-refractivity contribution in [2.24, 2.45) is 5.18 Å². The summed E-state index contributed by atoms with van der Waals surface area (Å²) < 4.78 is 0. The van der Waals surface area contributed by atoms with Crippen LogP contribution in [-0.4, -0.2) is 12.3 Å². The van der Waals surface area contributed by atoms with Crippen molar-refractivity contribution in [3.63, 3.8) is 0 Å². The summed E-state index contributed by atoms with van der Waals surface area (Å²) in [6, 6.07) is 0. The van der Waals surface area contributed by atoms with Gasteiger partial charge in [0.05, 0.1) is 6.54 Å². The fourth-order valence-corrected chi connectivity index (χ4v) is 0.523. The summed E-state index contributed by atoms with van der Waals surface area (Å²) in [6.45, 7) is 1.83. The fourth-order valence-electron chi connectivity index (χ4n) is 0.523. The predicted molar refractivity (Wildman–Crippen MR) is 39.7 cm³/mol. The first-order valence-corrected chi connectivity index (χ1v) is 3.23. The molecule has 0 unspecified atom stereocenters. The van der Waals surface area contributed by atoms with Gasteiger partial charge in [0.25, 0.3) is 0 Å². The Hall–Kier alpha value is -0.990. The Morgan fingerprint density at radius 3 is 2.80 bits per heavy atom. The van der Waals surface area contributed by atoms with Gasteiger partial charge >= 0.3 is 0 Å². The maximum absolute atomic E-state index is 10.3. The molecule has 0 rings (SSSR count). The molecule has 3 nitrogen and oxygen atoms in total. The van der Waals surface area contributed by atoms with E-state index in [1.54, 1.807) is 6.08 Å². The van der Waals surface area contributed by atoms with Crippen molar-refractivity contribution in [2.45, 2.75) is 19.8 Å². The molecule has 0 amide bonds. The molecule has 0 radical (unpaired) electrons. The zero-order chi connectivity index (χ0) is 7.82. The SMILES string of the molecule is CC(=O)/C=C\CCCN=O. The van der Waals surface area contributed by atoms with Crippen LogP contribution in [0, 0.1) is 4.91 Å². The van der Waals surface area contributed by atoms with Gasteiger partial charge in [-0.25, -0.2) is 0 Å². The minimum atomic E-state index is 0.0408. The molecule has 0 aliphatic carbocycles. The Kier molecular flexibility index (Phi) is 5.53. The summed E-state index contributed by atoms with van der Waals surface area (Å²) in [5, 5.41) is 2.68. The van der Waals surface area contributed by atoms with E-state index in [2.05, 4.69) is 5.18 Å². The van der Waals surface area contributed by atoms with Crippen molar-refractivity contribution in [1.82, 2.24) is 0 Å². The van der Waals surface area contributed by atoms with Crippen LogP contribution in [0.3, 0.4) is 0 Å². The van der Waals surface area contributed by atoms with Crippen LogP contribution >= 0.6 is 0 Å². The number of hydrogen-bond acceptors (Lipinski definition) is 3. The number of carbonyl (C=O) groups is 1. The number of allylic oxidation sites excluding steroid dienone is 2. The van der Waals surface area contributed by atoms with Crippen molar-refractivity contribution >= 4 is 5.78 Å². The van der Waals surface area contributed by atoms with Crippen molar-refractivity contribution in [1.29, 1.82) is 0 Å². The molecular formula is C7H11NO2. The van der Waals surface area contributed by atoms with E-state index < -0.39 is 0 Å². The molecule has 0 aromatic rings. The molecule has 10 heavy (non-hydrogen) atoms. The monoisotopic (exact) mass is 141 g/mol. The second-order valence-corrected chi connectivity index (χ2v) is 2.01. The largest absolute Gasteiger partial charge is 0.295 e. The molecule has 0 aromatic carbocycles. The van der Waals surface area contributed by atoms with Gasteiger partial charge in [0, 0.05) is 0 Å². The summed E-state index contributed by atoms with van der Waals surface area (Å²) in [4.78, 5) is 19.9. The third kappa shape index (κ3) is 7.01. The van der Waals surface area contributed by atoms with Gasteiger partial charge in [-0.3, -0.25) is 4.79 Å². The third-order valence-electron chi connectivity index (χ3n) is 0.973. The van der Waals surface area contributed by atoms with Gasteiger partial charge in [0.1, 0.15) is 0 Å². The Morgan fingerprint density at radius 1 is 1.60 bits per heavy atom. The molecule has 56 valence electrons. The number of nitrogens with zero attached hydrogens (tertiary/aromatic N) is 1. The van der Waals surface area contributed by atoms with Crippen molar-refractivity contribution in [3.8, 4) is 0 Å². The number of hydrogen-bond donors (Lipinski definition) is 0. The Morgan fingerprint density at radius 2 is 2.30 bits per heavy atom. The first kappa shape index (κ1) is 9.01. The van der Waals surface area contributed by atoms with Crippen molar-refractivity contribution in [3.05, 3.63) is 17.1 Å². The van der Waals surface area contributed by atoms with E-state index in [1.165, 1.54) is 13.0 Å². The predicted octanol–water partition coefficient (Wildman–Crippen LogP) is 1.68. The number of nitroso groups, excluding NO2 is 1. The van der Waals surface area contributed by atoms with Gasteiger partial charge in [0.15, 0.2) is 5.78 Å². The molecule has 0 spiro atoms. The third-order valence-corrected chi connectivity index (χ3v) is 0.973. The minimum absolute atomic E-state index is 0.0408. The van der Waals surface area contributed by atoms with E-state index in [4.69, 9.17) is 0 Å². The Balaban J connectivity index is 3.18. The van der Waals surface area contributed by atoms with Gasteiger partial charge < -0.3 is 0 Å². The zero-order valence-electron chi connectivity index (χ0n) is 6.04. The molecule has 0 fully saturated rings. The smallest absolute Gasteiger partial charge is 0.152 e. The van der Waals surface area contributed by atoms with E-state index in [-0.39, 0.29) is 5.78 Å². The van der Waals surface area contributed by atoms with Crippen LogP contribution in [0.1, 0.15) is 19.8 Å². The maximum Gasteiger partial charge on any atom is 0.152 e. The second kappa shape index (κ2) is 6.13. The summed E-state index contributed by atoms with van der Waals surface area (Å²) in [6.07, 6.45) is 4.75. The van der Waals surface area contributed by atoms with E-state index >= 15 is 0 Å². The topological polar surface area (TPSA) is 46.5 Å². The highest BCUT2D eigenvalue weighted by Gasteiger charge is 1.83. The molecule has 0 saturated heterocycles. The zero-order valence-corrected chi connectivity index (χ0v) is 6.04. The van der Waals surface area contributed by atoms with Crippen LogP contribution in [0.4, 0.5) is 0 Å². The van der Waals surface area contributed by atoms with Gasteiger partial charge in [-0.15, -0.1) is 0 Å². The van der Waals surface area contributed by atoms with Crippen LogP contribution in [0.2, 0.25) is 0 Å². The van der Waals surface area contributed by atoms with Crippen LogP contribution in [-0.2, 0) is 4.79 Å². The lowest BCUT2D eigenvalue weighted by molar-refractivity contribution is -0.112. The van der Waals surface area contributed by atoms with E-state index in [1.807, 2.05) is 0 Å². The van der Waals surface area contributed by atoms with Crippen LogP contribution < -0.4 is 0 Å². The quantitative estimate of drug-likeness (QED) is 0.332. The fraction of sp³-hybridized carbons (Fsp3) is 0.571. The van der Waals surface area contributed by atoms with E-state index in [0.29, 0.717) is 6.54 Å². The minimum Gasteiger partial charge on any atom is -0.295 e. The normalized spacial score (nSPS) is 10.1. The Labute approximate surface area is 60.1 Å². The first-order valence-electron chi connectivity index (χ1n) is 3.23. The molecule has 0 heterocycles. The molecule has 3 heteroatoms. The lowest BCUT2D eigenvalue weighted by atomic mass is 10.2. The van der Waals surface area contributed by atoms with Crippen LogP contribution in [0.15, 0.2) is 17.3 Å². The number of rotatable bonds is 5. The van der Waals surface area contributed by atoms with Gasteiger partial charge in [0.2, 0.25) is 0 Å². The van der Waals surface area contributed by atoms with E-state index in [0.717, 1.165) is 12.8 Å². The number of carbonyl (C=O) groups excluding carboxylic acids is 1. The van der Waals surface area contributed by atoms with E-state index in [9.17, 15) is 9.70 Å². The lowest BCUT2D eigenvalue weighted by Gasteiger charge is -1.84. The molecule has 0 N–H and O–H groups in total. The average molecular weight is 141 g/mol. The standard InChI is InChI=1S/C7H11NO2/c1-7(9)5-3-2-4-6-8-10/h3,5H,2,4,6H2,1H3/b5-3-. The molecule has 0 aliphatic rings. The van der Waals surface area contributed by atoms with Gasteiger partial charge in [-0.1, -0.05) is 11.3 Å². The van der Waals surface area contributed by atoms with Crippen molar-refractivity contribution < 1.29 is 4.79 Å². The highest BCUT2D eigenvalue weighted by atomic mass is 16.3. The molecular weight excluding hydrogens is 130 g/mol. The number of ketones is 1. The maximum atomic E-state index is 10.3. The number of unbranched alkanes of at least 4 members (excludes halogenated alkanes) is 1. The second-order valence-electron chi connectivity index (χ2n) is 2.01. The highest BCUT2D eigenvalue weighted by molar-refractivity contribution is 5.87. The molecule has 0 atom stereocenters. The highest BCUT2D eigenvalue weighted by Crippen LogP contribution is 1.90. The summed E-state index contributed by atoms with van der Waals surface area (Å²) in [5.41, 5.74) is 0. The molecule has 0 saturated carbocycles. The summed E-state index contributed by atoms with van der Waals surface area (Å²) >= 11 is 0. The molecule has 0 aliphatic heterocycles. The first-order chi connectivity index (χ1) is 4.77. The molecule has 0 bridgehead atoms. The Bertz CT molecular complexity index is 141. The lowest BCUT2D eigenvalue weighted by Crippen LogP contribution is -1.81. The van der Waals surface area contributed by atoms with Crippen molar-refractivity contribution in [2.75, 3.05) is 6.54 Å². The van der Waals surface area contributed by atoms with Gasteiger partial charge in [-0.2, -0.15) is 4.91 Å². The van der Waals surface area contributed by atoms with Crippen LogP contribution in [0.5, 0.6) is 0 Å².